The first-order valence-corrected chi connectivity index (χ1v) is 7.48. The van der Waals surface area contributed by atoms with Gasteiger partial charge in [0.2, 0.25) is 5.91 Å². The molecule has 1 aliphatic rings. The van der Waals surface area contributed by atoms with Gasteiger partial charge in [0.1, 0.15) is 5.82 Å². The minimum atomic E-state index is -0.342. The quantitative estimate of drug-likeness (QED) is 0.428. The van der Waals surface area contributed by atoms with Gasteiger partial charge >= 0.3 is 0 Å². The number of nitrogens with zero attached hydrogens (tertiary/aromatic N) is 3. The third kappa shape index (κ3) is 5.60. The van der Waals surface area contributed by atoms with Crippen molar-refractivity contribution in [3.05, 3.63) is 29.8 Å². The van der Waals surface area contributed by atoms with Crippen molar-refractivity contribution in [3.8, 4) is 0 Å². The van der Waals surface area contributed by atoms with E-state index >= 15 is 0 Å². The lowest BCUT2D eigenvalue weighted by molar-refractivity contribution is -0.129. The summed E-state index contributed by atoms with van der Waals surface area (Å²) in [6, 6.07) is 3.10. The Labute approximate surface area is 153 Å². The van der Waals surface area contributed by atoms with Gasteiger partial charge < -0.3 is 15.5 Å². The van der Waals surface area contributed by atoms with Crippen molar-refractivity contribution in [1.82, 2.24) is 20.5 Å². The Morgan fingerprint density at radius 2 is 2.35 bits per heavy atom. The zero-order chi connectivity index (χ0) is 15.9. The number of halogens is 2. The molecule has 1 aromatic rings. The average Bonchev–Trinajstić information content (AvgIpc) is 3.00. The van der Waals surface area contributed by atoms with Crippen LogP contribution in [0.5, 0.6) is 0 Å². The molecule has 1 amide bonds. The van der Waals surface area contributed by atoms with E-state index in [1.807, 2.05) is 11.8 Å². The van der Waals surface area contributed by atoms with Crippen molar-refractivity contribution in [2.45, 2.75) is 32.4 Å². The Kier molecular flexibility index (Phi) is 8.21. The Hall–Kier alpha value is -1.45. The predicted molar refractivity (Wildman–Crippen MR) is 98.2 cm³/mol. The Balaban J connectivity index is 0.00000264. The second-order valence-corrected chi connectivity index (χ2v) is 5.18. The van der Waals surface area contributed by atoms with E-state index in [9.17, 15) is 9.18 Å². The second-order valence-electron chi connectivity index (χ2n) is 5.18. The summed E-state index contributed by atoms with van der Waals surface area (Å²) in [5, 5.41) is 6.30. The highest BCUT2D eigenvalue weighted by molar-refractivity contribution is 14.0. The lowest BCUT2D eigenvalue weighted by Crippen LogP contribution is -2.44. The third-order valence-corrected chi connectivity index (χ3v) is 3.67. The smallest absolute Gasteiger partial charge is 0.222 e. The van der Waals surface area contributed by atoms with Gasteiger partial charge in [0.15, 0.2) is 5.96 Å². The summed E-state index contributed by atoms with van der Waals surface area (Å²) >= 11 is 0. The fourth-order valence-corrected chi connectivity index (χ4v) is 2.43. The van der Waals surface area contributed by atoms with E-state index in [0.717, 1.165) is 13.0 Å². The van der Waals surface area contributed by atoms with Gasteiger partial charge in [0, 0.05) is 38.8 Å². The molecule has 23 heavy (non-hydrogen) atoms. The van der Waals surface area contributed by atoms with E-state index in [2.05, 4.69) is 20.6 Å². The van der Waals surface area contributed by atoms with Gasteiger partial charge in [-0.25, -0.2) is 4.39 Å². The number of carbonyl (C=O) groups excluding carboxylic acids is 1. The zero-order valence-electron chi connectivity index (χ0n) is 13.4. The first-order valence-electron chi connectivity index (χ1n) is 7.48. The molecule has 0 aromatic carbocycles. The van der Waals surface area contributed by atoms with Crippen molar-refractivity contribution in [1.29, 1.82) is 0 Å². The maximum absolute atomic E-state index is 13.5. The normalized spacial score (nSPS) is 17.6. The van der Waals surface area contributed by atoms with Crippen molar-refractivity contribution in [2.75, 3.05) is 20.1 Å². The fourth-order valence-electron chi connectivity index (χ4n) is 2.43. The van der Waals surface area contributed by atoms with Crippen molar-refractivity contribution in [3.63, 3.8) is 0 Å². The molecule has 0 aliphatic carbocycles. The monoisotopic (exact) mass is 435 g/mol. The molecule has 128 valence electrons. The van der Waals surface area contributed by atoms with Crippen LogP contribution in [0.4, 0.5) is 4.39 Å². The molecule has 0 saturated carbocycles. The minimum absolute atomic E-state index is 0. The molecule has 6 nitrogen and oxygen atoms in total. The van der Waals surface area contributed by atoms with Gasteiger partial charge in [0.05, 0.1) is 12.2 Å². The summed E-state index contributed by atoms with van der Waals surface area (Å²) in [5.74, 6) is 0.412. The van der Waals surface area contributed by atoms with Gasteiger partial charge in [-0.1, -0.05) is 6.92 Å². The van der Waals surface area contributed by atoms with E-state index < -0.39 is 0 Å². The van der Waals surface area contributed by atoms with Gasteiger partial charge in [-0.3, -0.25) is 14.8 Å². The highest BCUT2D eigenvalue weighted by atomic mass is 127. The summed E-state index contributed by atoms with van der Waals surface area (Å²) in [6.45, 7) is 3.56. The number of rotatable bonds is 4. The molecular weight excluding hydrogens is 412 g/mol. The molecule has 2 heterocycles. The predicted octanol–water partition coefficient (Wildman–Crippen LogP) is 1.51. The number of aromatic nitrogens is 1. The van der Waals surface area contributed by atoms with Gasteiger partial charge in [-0.15, -0.1) is 24.0 Å². The highest BCUT2D eigenvalue weighted by Gasteiger charge is 2.25. The lowest BCUT2D eigenvalue weighted by Gasteiger charge is -2.18. The van der Waals surface area contributed by atoms with Crippen molar-refractivity contribution < 1.29 is 9.18 Å². The molecule has 1 saturated heterocycles. The second kappa shape index (κ2) is 9.64. The molecule has 1 fully saturated rings. The number of aliphatic imine (C=N–C) groups is 1. The number of pyridine rings is 1. The van der Waals surface area contributed by atoms with Crippen molar-refractivity contribution in [2.24, 2.45) is 4.99 Å². The SMILES string of the molecule is CCC(=O)N1CCC(NC(=NC)NCc2ncccc2F)C1.I. The number of carbonyl (C=O) groups is 1. The number of nitrogens with one attached hydrogen (secondary N) is 2. The molecule has 1 atom stereocenters. The van der Waals surface area contributed by atoms with Gasteiger partial charge in [-0.05, 0) is 18.6 Å². The van der Waals surface area contributed by atoms with E-state index in [0.29, 0.717) is 24.6 Å². The number of likely N-dealkylation sites (tertiary alicyclic amines) is 1. The standard InChI is InChI=1S/C15H22FN5O.HI/c1-3-14(22)21-8-6-11(10-21)20-15(17-2)19-9-13-12(16)5-4-7-18-13;/h4-5,7,11H,3,6,8-10H2,1-2H3,(H2,17,19,20);1H. The summed E-state index contributed by atoms with van der Waals surface area (Å²) < 4.78 is 13.5. The van der Waals surface area contributed by atoms with Gasteiger partial charge in [0.25, 0.3) is 0 Å². The molecule has 0 radical (unpaired) electrons. The van der Waals surface area contributed by atoms with Crippen LogP contribution in [0.2, 0.25) is 0 Å². The fraction of sp³-hybridized carbons (Fsp3) is 0.533. The Bertz CT molecular complexity index is 554. The lowest BCUT2D eigenvalue weighted by atomic mass is 10.3. The molecule has 2 N–H and O–H groups in total. The third-order valence-electron chi connectivity index (χ3n) is 3.67. The summed E-state index contributed by atoms with van der Waals surface area (Å²) in [4.78, 5) is 21.6. The van der Waals surface area contributed by atoms with Crippen LogP contribution in [-0.2, 0) is 11.3 Å². The molecule has 2 rings (SSSR count). The largest absolute Gasteiger partial charge is 0.352 e. The van der Waals surface area contributed by atoms with E-state index in [-0.39, 0.29) is 48.3 Å². The summed E-state index contributed by atoms with van der Waals surface area (Å²) in [5.41, 5.74) is 0.347. The Morgan fingerprint density at radius 1 is 1.57 bits per heavy atom. The van der Waals surface area contributed by atoms with Crippen LogP contribution in [0.15, 0.2) is 23.3 Å². The van der Waals surface area contributed by atoms with Crippen LogP contribution >= 0.6 is 24.0 Å². The molecule has 1 unspecified atom stereocenters. The number of amides is 1. The van der Waals surface area contributed by atoms with Crippen LogP contribution in [0.3, 0.4) is 0 Å². The first kappa shape index (κ1) is 19.6. The van der Waals surface area contributed by atoms with E-state index in [4.69, 9.17) is 0 Å². The van der Waals surface area contributed by atoms with E-state index in [1.54, 1.807) is 19.3 Å². The average molecular weight is 435 g/mol. The maximum Gasteiger partial charge on any atom is 0.222 e. The van der Waals surface area contributed by atoms with Crippen LogP contribution in [-0.4, -0.2) is 47.9 Å². The highest BCUT2D eigenvalue weighted by Crippen LogP contribution is 2.10. The molecule has 1 aromatic heterocycles. The van der Waals surface area contributed by atoms with Crippen LogP contribution in [0.1, 0.15) is 25.5 Å². The Morgan fingerprint density at radius 3 is 3.00 bits per heavy atom. The first-order chi connectivity index (χ1) is 10.6. The zero-order valence-corrected chi connectivity index (χ0v) is 15.7. The number of hydrogen-bond acceptors (Lipinski definition) is 3. The van der Waals surface area contributed by atoms with Gasteiger partial charge in [-0.2, -0.15) is 0 Å². The molecular formula is C15H23FIN5O. The topological polar surface area (TPSA) is 69.6 Å². The van der Waals surface area contributed by atoms with Crippen LogP contribution in [0, 0.1) is 5.82 Å². The molecule has 1 aliphatic heterocycles. The van der Waals surface area contributed by atoms with E-state index in [1.165, 1.54) is 6.07 Å². The number of guanidine groups is 1. The van der Waals surface area contributed by atoms with Crippen LogP contribution < -0.4 is 10.6 Å². The van der Waals surface area contributed by atoms with Crippen molar-refractivity contribution >= 4 is 35.8 Å². The molecule has 0 spiro atoms. The summed E-state index contributed by atoms with van der Waals surface area (Å²) in [6.07, 6.45) is 2.96. The van der Waals surface area contributed by atoms with Crippen LogP contribution in [0.25, 0.3) is 0 Å². The molecule has 8 heteroatoms. The number of hydrogen-bond donors (Lipinski definition) is 2. The maximum atomic E-state index is 13.5. The molecule has 0 bridgehead atoms. The minimum Gasteiger partial charge on any atom is -0.352 e. The summed E-state index contributed by atoms with van der Waals surface area (Å²) in [7, 11) is 1.66.